The second-order valence-electron chi connectivity index (χ2n) is 8.04. The predicted octanol–water partition coefficient (Wildman–Crippen LogP) is 4.61. The Balaban J connectivity index is 1.48. The molecule has 4 rings (SSSR count). The van der Waals surface area contributed by atoms with E-state index in [0.717, 1.165) is 4.90 Å². The number of benzene rings is 3. The van der Waals surface area contributed by atoms with Crippen molar-refractivity contribution in [2.75, 3.05) is 26.1 Å². The fraction of sp³-hybridized carbons (Fsp3) is 0.148. The number of amides is 4. The zero-order valence-corrected chi connectivity index (χ0v) is 21.2. The quantitative estimate of drug-likeness (QED) is 0.304. The summed E-state index contributed by atoms with van der Waals surface area (Å²) in [5.41, 5.74) is 1.11. The van der Waals surface area contributed by atoms with Gasteiger partial charge in [-0.2, -0.15) is 0 Å². The third-order valence-corrected chi connectivity index (χ3v) is 5.82. The van der Waals surface area contributed by atoms with Crippen LogP contribution in [0.4, 0.5) is 14.9 Å². The second kappa shape index (κ2) is 11.7. The number of urea groups is 1. The second-order valence-corrected chi connectivity index (χ2v) is 8.45. The van der Waals surface area contributed by atoms with Gasteiger partial charge in [-0.05, 0) is 42.0 Å². The van der Waals surface area contributed by atoms with Gasteiger partial charge in [0.1, 0.15) is 30.4 Å². The first kappa shape index (κ1) is 26.5. The van der Waals surface area contributed by atoms with Gasteiger partial charge in [-0.1, -0.05) is 41.9 Å². The normalized spacial score (nSPS) is 13.9. The fourth-order valence-electron chi connectivity index (χ4n) is 3.69. The Morgan fingerprint density at radius 2 is 1.76 bits per heavy atom. The standard InChI is InChI=1S/C27H23ClFN3O6/c1-36-22-10-6-5-9-20(22)30-24(33)14-32-26(34)21(31-27(32)35)12-16-11-18(28)25(23(13-16)37-2)38-15-17-7-3-4-8-19(17)29/h3-13H,14-15H2,1-2H3,(H,30,33)(H,31,35)/b21-12+. The van der Waals surface area contributed by atoms with E-state index in [1.54, 1.807) is 48.5 Å². The van der Waals surface area contributed by atoms with Crippen molar-refractivity contribution in [3.05, 3.63) is 88.3 Å². The molecule has 0 atom stereocenters. The van der Waals surface area contributed by atoms with Gasteiger partial charge < -0.3 is 24.8 Å². The molecule has 0 saturated carbocycles. The van der Waals surface area contributed by atoms with Crippen LogP contribution in [0.3, 0.4) is 0 Å². The van der Waals surface area contributed by atoms with Gasteiger partial charge in [-0.3, -0.25) is 9.59 Å². The molecule has 2 N–H and O–H groups in total. The molecule has 1 saturated heterocycles. The summed E-state index contributed by atoms with van der Waals surface area (Å²) < 4.78 is 30.2. The number of carbonyl (C=O) groups excluding carboxylic acids is 3. The number of methoxy groups -OCH3 is 2. The molecule has 0 bridgehead atoms. The minimum Gasteiger partial charge on any atom is -0.495 e. The fourth-order valence-corrected chi connectivity index (χ4v) is 3.97. The van der Waals surface area contributed by atoms with E-state index < -0.39 is 30.2 Å². The summed E-state index contributed by atoms with van der Waals surface area (Å²) in [5.74, 6) is -0.826. The van der Waals surface area contributed by atoms with Crippen LogP contribution < -0.4 is 24.8 Å². The molecule has 1 aliphatic rings. The smallest absolute Gasteiger partial charge is 0.329 e. The lowest BCUT2D eigenvalue weighted by atomic mass is 10.1. The van der Waals surface area contributed by atoms with Gasteiger partial charge in [0, 0.05) is 5.56 Å². The lowest BCUT2D eigenvalue weighted by molar-refractivity contribution is -0.127. The molecule has 11 heteroatoms. The molecule has 4 amide bonds. The number of hydrogen-bond donors (Lipinski definition) is 2. The third kappa shape index (κ3) is 5.87. The van der Waals surface area contributed by atoms with Gasteiger partial charge in [0.05, 0.1) is 24.9 Å². The van der Waals surface area contributed by atoms with E-state index >= 15 is 0 Å². The molecular weight excluding hydrogens is 517 g/mol. The molecule has 38 heavy (non-hydrogen) atoms. The molecule has 0 aromatic heterocycles. The van der Waals surface area contributed by atoms with Crippen LogP contribution in [0, 0.1) is 5.82 Å². The van der Waals surface area contributed by atoms with Gasteiger partial charge in [-0.15, -0.1) is 0 Å². The van der Waals surface area contributed by atoms with Gasteiger partial charge in [0.25, 0.3) is 5.91 Å². The van der Waals surface area contributed by atoms with Crippen molar-refractivity contribution in [1.29, 1.82) is 0 Å². The average Bonchev–Trinajstić information content (AvgIpc) is 3.16. The Morgan fingerprint density at radius 1 is 1.05 bits per heavy atom. The van der Waals surface area contributed by atoms with Crippen LogP contribution >= 0.6 is 11.6 Å². The first-order chi connectivity index (χ1) is 18.3. The van der Waals surface area contributed by atoms with Crippen molar-refractivity contribution in [2.24, 2.45) is 0 Å². The highest BCUT2D eigenvalue weighted by atomic mass is 35.5. The Morgan fingerprint density at radius 3 is 2.50 bits per heavy atom. The monoisotopic (exact) mass is 539 g/mol. The van der Waals surface area contributed by atoms with E-state index in [4.69, 9.17) is 25.8 Å². The number of para-hydroxylation sites is 2. The molecule has 0 unspecified atom stereocenters. The highest BCUT2D eigenvalue weighted by molar-refractivity contribution is 6.32. The van der Waals surface area contributed by atoms with Gasteiger partial charge in [0.15, 0.2) is 11.5 Å². The molecule has 3 aromatic carbocycles. The molecule has 9 nitrogen and oxygen atoms in total. The highest BCUT2D eigenvalue weighted by Gasteiger charge is 2.35. The maximum absolute atomic E-state index is 13.9. The largest absolute Gasteiger partial charge is 0.495 e. The Labute approximate surface area is 222 Å². The molecular formula is C27H23ClFN3O6. The Bertz CT molecular complexity index is 1430. The lowest BCUT2D eigenvalue weighted by Gasteiger charge is -2.14. The van der Waals surface area contributed by atoms with Crippen molar-refractivity contribution < 1.29 is 33.0 Å². The summed E-state index contributed by atoms with van der Waals surface area (Å²) >= 11 is 6.40. The molecule has 0 aliphatic carbocycles. The first-order valence-corrected chi connectivity index (χ1v) is 11.7. The summed E-state index contributed by atoms with van der Waals surface area (Å²) in [6, 6.07) is 15.2. The molecule has 1 aliphatic heterocycles. The average molecular weight is 540 g/mol. The van der Waals surface area contributed by atoms with Crippen LogP contribution in [0.1, 0.15) is 11.1 Å². The number of ether oxygens (including phenoxy) is 3. The molecule has 1 fully saturated rings. The van der Waals surface area contributed by atoms with E-state index in [2.05, 4.69) is 10.6 Å². The highest BCUT2D eigenvalue weighted by Crippen LogP contribution is 2.38. The number of hydrogen-bond acceptors (Lipinski definition) is 6. The van der Waals surface area contributed by atoms with Crippen LogP contribution in [0.25, 0.3) is 6.08 Å². The summed E-state index contributed by atoms with van der Waals surface area (Å²) in [6.45, 7) is -0.587. The zero-order valence-electron chi connectivity index (χ0n) is 20.4. The summed E-state index contributed by atoms with van der Waals surface area (Å²) in [6.07, 6.45) is 1.40. The number of imide groups is 1. The van der Waals surface area contributed by atoms with Crippen LogP contribution in [0.2, 0.25) is 5.02 Å². The topological polar surface area (TPSA) is 106 Å². The van der Waals surface area contributed by atoms with Crippen LogP contribution in [0.15, 0.2) is 66.4 Å². The minimum absolute atomic E-state index is 0.0572. The number of halogens is 2. The maximum atomic E-state index is 13.9. The SMILES string of the molecule is COc1ccccc1NC(=O)CN1C(=O)N/C(=C/c2cc(Cl)c(OCc3ccccc3F)c(OC)c2)C1=O. The molecule has 3 aromatic rings. The van der Waals surface area contributed by atoms with Crippen molar-refractivity contribution >= 4 is 41.2 Å². The van der Waals surface area contributed by atoms with E-state index in [-0.39, 0.29) is 28.8 Å². The third-order valence-electron chi connectivity index (χ3n) is 5.54. The van der Waals surface area contributed by atoms with E-state index in [9.17, 15) is 18.8 Å². The molecule has 196 valence electrons. The number of rotatable bonds is 9. The van der Waals surface area contributed by atoms with Crippen LogP contribution in [-0.2, 0) is 16.2 Å². The van der Waals surface area contributed by atoms with E-state index in [0.29, 0.717) is 22.6 Å². The van der Waals surface area contributed by atoms with Gasteiger partial charge in [0.2, 0.25) is 5.91 Å². The van der Waals surface area contributed by atoms with Crippen molar-refractivity contribution in [3.63, 3.8) is 0 Å². The van der Waals surface area contributed by atoms with E-state index in [1.807, 2.05) is 0 Å². The number of carbonyl (C=O) groups is 3. The molecule has 0 radical (unpaired) electrons. The number of nitrogens with zero attached hydrogens (tertiary/aromatic N) is 1. The Kier molecular flexibility index (Phi) is 8.12. The Hall–Kier alpha value is -4.57. The van der Waals surface area contributed by atoms with Crippen LogP contribution in [0.5, 0.6) is 17.2 Å². The van der Waals surface area contributed by atoms with Crippen molar-refractivity contribution in [3.8, 4) is 17.2 Å². The van der Waals surface area contributed by atoms with Crippen LogP contribution in [-0.4, -0.2) is 43.5 Å². The molecule has 0 spiro atoms. The lowest BCUT2D eigenvalue weighted by Crippen LogP contribution is -2.38. The number of anilines is 1. The van der Waals surface area contributed by atoms with Gasteiger partial charge >= 0.3 is 6.03 Å². The molecule has 1 heterocycles. The summed E-state index contributed by atoms with van der Waals surface area (Å²) in [5, 5.41) is 5.23. The van der Waals surface area contributed by atoms with E-state index in [1.165, 1.54) is 32.4 Å². The number of nitrogens with one attached hydrogen (secondary N) is 2. The summed E-state index contributed by atoms with van der Waals surface area (Å²) in [7, 11) is 2.87. The van der Waals surface area contributed by atoms with Crippen molar-refractivity contribution in [2.45, 2.75) is 6.61 Å². The zero-order chi connectivity index (χ0) is 27.2. The van der Waals surface area contributed by atoms with Gasteiger partial charge in [-0.25, -0.2) is 14.1 Å². The van der Waals surface area contributed by atoms with Crippen molar-refractivity contribution in [1.82, 2.24) is 10.2 Å². The first-order valence-electron chi connectivity index (χ1n) is 11.3. The maximum Gasteiger partial charge on any atom is 0.329 e. The minimum atomic E-state index is -0.751. The predicted molar refractivity (Wildman–Crippen MR) is 139 cm³/mol. The summed E-state index contributed by atoms with van der Waals surface area (Å²) in [4.78, 5) is 38.6.